The van der Waals surface area contributed by atoms with E-state index < -0.39 is 5.60 Å². The van der Waals surface area contributed by atoms with Crippen LogP contribution in [0.4, 0.5) is 21.9 Å². The van der Waals surface area contributed by atoms with E-state index >= 15 is 0 Å². The van der Waals surface area contributed by atoms with E-state index in [0.717, 1.165) is 5.56 Å². The summed E-state index contributed by atoms with van der Waals surface area (Å²) >= 11 is 0. The summed E-state index contributed by atoms with van der Waals surface area (Å²) in [5, 5.41) is 15.7. The number of nitrogens with zero attached hydrogens (tertiary/aromatic N) is 2. The molecule has 2 N–H and O–H groups in total. The molecule has 41 heavy (non-hydrogen) atoms. The minimum absolute atomic E-state index is 0.0835. The molecular weight excluding hydrogens is 520 g/mol. The zero-order chi connectivity index (χ0) is 29.4. The molecule has 9 heteroatoms. The Labute approximate surface area is 241 Å². The number of ether oxygens (including phenoxy) is 3. The number of hydrogen-bond donors (Lipinski definition) is 2. The number of benzene rings is 3. The van der Waals surface area contributed by atoms with Crippen LogP contribution in [0.2, 0.25) is 0 Å². The van der Waals surface area contributed by atoms with Gasteiger partial charge in [0.15, 0.2) is 0 Å². The fourth-order valence-electron chi connectivity index (χ4n) is 4.38. The number of likely N-dealkylation sites (tertiary alicyclic amines) is 1. The van der Waals surface area contributed by atoms with Gasteiger partial charge in [-0.15, -0.1) is 0 Å². The van der Waals surface area contributed by atoms with Gasteiger partial charge in [0, 0.05) is 38.9 Å². The Balaban J connectivity index is 1.50. The molecule has 0 spiro atoms. The minimum Gasteiger partial charge on any atom is -0.490 e. The van der Waals surface area contributed by atoms with Crippen molar-refractivity contribution in [3.05, 3.63) is 77.9 Å². The molecule has 1 aliphatic heterocycles. The smallest absolute Gasteiger partial charge is 0.410 e. The number of hydrogen-bond acceptors (Lipinski definition) is 7. The normalized spacial score (nSPS) is 13.6. The Morgan fingerprint density at radius 1 is 0.976 bits per heavy atom. The Kier molecular flexibility index (Phi) is 9.35. The van der Waals surface area contributed by atoms with Gasteiger partial charge < -0.3 is 29.7 Å². The van der Waals surface area contributed by atoms with Gasteiger partial charge in [0.1, 0.15) is 29.8 Å². The van der Waals surface area contributed by atoms with Gasteiger partial charge in [0.25, 0.3) is 0 Å². The molecule has 4 rings (SSSR count). The van der Waals surface area contributed by atoms with Gasteiger partial charge in [0.05, 0.1) is 28.7 Å². The van der Waals surface area contributed by atoms with E-state index in [1.54, 1.807) is 35.2 Å². The second-order valence-electron chi connectivity index (χ2n) is 10.9. The average Bonchev–Trinajstić information content (AvgIpc) is 2.93. The maximum Gasteiger partial charge on any atom is 0.410 e. The van der Waals surface area contributed by atoms with Crippen molar-refractivity contribution < 1.29 is 23.8 Å². The van der Waals surface area contributed by atoms with Crippen molar-refractivity contribution in [2.75, 3.05) is 23.7 Å². The summed E-state index contributed by atoms with van der Waals surface area (Å²) in [6, 6.07) is 22.5. The van der Waals surface area contributed by atoms with Crippen LogP contribution in [-0.2, 0) is 16.1 Å². The third-order valence-corrected chi connectivity index (χ3v) is 6.31. The van der Waals surface area contributed by atoms with Crippen molar-refractivity contribution in [2.24, 2.45) is 0 Å². The van der Waals surface area contributed by atoms with Crippen molar-refractivity contribution in [2.45, 2.75) is 58.8 Å². The number of anilines is 3. The fraction of sp³-hybridized carbons (Fsp3) is 0.344. The highest BCUT2D eigenvalue weighted by Gasteiger charge is 2.28. The molecule has 1 saturated heterocycles. The highest BCUT2D eigenvalue weighted by atomic mass is 16.6. The van der Waals surface area contributed by atoms with Crippen molar-refractivity contribution in [3.8, 4) is 17.6 Å². The minimum atomic E-state index is -0.539. The van der Waals surface area contributed by atoms with Crippen LogP contribution in [0.5, 0.6) is 11.5 Å². The Morgan fingerprint density at radius 2 is 1.71 bits per heavy atom. The fourth-order valence-corrected chi connectivity index (χ4v) is 4.38. The van der Waals surface area contributed by atoms with Crippen LogP contribution < -0.4 is 20.1 Å². The molecule has 3 aromatic carbocycles. The number of carbonyl (C=O) groups excluding carboxylic acids is 2. The molecule has 3 aromatic rings. The van der Waals surface area contributed by atoms with E-state index in [9.17, 15) is 14.9 Å². The van der Waals surface area contributed by atoms with Crippen LogP contribution in [0.15, 0.2) is 66.7 Å². The predicted octanol–water partition coefficient (Wildman–Crippen LogP) is 6.62. The Hall–Kier alpha value is -4.71. The quantitative estimate of drug-likeness (QED) is 0.321. The van der Waals surface area contributed by atoms with Crippen LogP contribution in [0.1, 0.15) is 51.7 Å². The molecule has 0 aromatic heterocycles. The first kappa shape index (κ1) is 29.3. The van der Waals surface area contributed by atoms with Gasteiger partial charge in [-0.2, -0.15) is 5.26 Å². The summed E-state index contributed by atoms with van der Waals surface area (Å²) in [5.74, 6) is 0.950. The zero-order valence-corrected chi connectivity index (χ0v) is 23.9. The van der Waals surface area contributed by atoms with Gasteiger partial charge >= 0.3 is 6.09 Å². The summed E-state index contributed by atoms with van der Waals surface area (Å²) in [5.41, 5.74) is 2.65. The SMILES string of the molecule is CC(=O)Nc1ccc(OC2CCN(C(=O)OC(C)(C)C)CC2)cc1Nc1cc(C#N)ccc1OCc1ccccc1. The van der Waals surface area contributed by atoms with E-state index in [4.69, 9.17) is 14.2 Å². The summed E-state index contributed by atoms with van der Waals surface area (Å²) < 4.78 is 17.9. The molecule has 1 heterocycles. The first-order valence-electron chi connectivity index (χ1n) is 13.6. The first-order chi connectivity index (χ1) is 19.6. The Morgan fingerprint density at radius 3 is 2.37 bits per heavy atom. The lowest BCUT2D eigenvalue weighted by Crippen LogP contribution is -2.44. The molecular formula is C32H36N4O5. The average molecular weight is 557 g/mol. The topological polar surface area (TPSA) is 113 Å². The zero-order valence-electron chi connectivity index (χ0n) is 23.9. The summed E-state index contributed by atoms with van der Waals surface area (Å²) in [6.07, 6.45) is 0.931. The number of carbonyl (C=O) groups is 2. The van der Waals surface area contributed by atoms with Crippen LogP contribution in [0.3, 0.4) is 0 Å². The largest absolute Gasteiger partial charge is 0.490 e. The van der Waals surface area contributed by atoms with E-state index in [0.29, 0.717) is 66.7 Å². The highest BCUT2D eigenvalue weighted by molar-refractivity contribution is 5.94. The highest BCUT2D eigenvalue weighted by Crippen LogP contribution is 2.35. The molecule has 9 nitrogen and oxygen atoms in total. The second-order valence-corrected chi connectivity index (χ2v) is 10.9. The summed E-state index contributed by atoms with van der Waals surface area (Å²) in [4.78, 5) is 26.1. The monoisotopic (exact) mass is 556 g/mol. The lowest BCUT2D eigenvalue weighted by molar-refractivity contribution is -0.114. The van der Waals surface area contributed by atoms with Crippen LogP contribution in [-0.4, -0.2) is 41.7 Å². The number of rotatable bonds is 8. The molecule has 1 fully saturated rings. The maximum absolute atomic E-state index is 12.4. The van der Waals surface area contributed by atoms with Crippen molar-refractivity contribution in [1.29, 1.82) is 5.26 Å². The molecule has 0 atom stereocenters. The lowest BCUT2D eigenvalue weighted by atomic mass is 10.1. The summed E-state index contributed by atoms with van der Waals surface area (Å²) in [6.45, 7) is 8.43. The van der Waals surface area contributed by atoms with E-state index in [1.807, 2.05) is 57.2 Å². The predicted molar refractivity (Wildman–Crippen MR) is 157 cm³/mol. The number of nitriles is 1. The number of amides is 2. The molecule has 0 aliphatic carbocycles. The number of nitrogens with one attached hydrogen (secondary N) is 2. The lowest BCUT2D eigenvalue weighted by Gasteiger charge is -2.33. The van der Waals surface area contributed by atoms with E-state index in [2.05, 4.69) is 16.7 Å². The van der Waals surface area contributed by atoms with E-state index in [1.165, 1.54) is 6.92 Å². The van der Waals surface area contributed by atoms with Gasteiger partial charge in [0.2, 0.25) is 5.91 Å². The molecule has 0 saturated carbocycles. The van der Waals surface area contributed by atoms with Gasteiger partial charge in [-0.25, -0.2) is 4.79 Å². The van der Waals surface area contributed by atoms with Crippen LogP contribution >= 0.6 is 0 Å². The first-order valence-corrected chi connectivity index (χ1v) is 13.6. The van der Waals surface area contributed by atoms with Crippen molar-refractivity contribution >= 4 is 29.1 Å². The number of piperidine rings is 1. The van der Waals surface area contributed by atoms with Gasteiger partial charge in [-0.1, -0.05) is 30.3 Å². The molecule has 2 amide bonds. The molecule has 0 unspecified atom stereocenters. The molecule has 214 valence electrons. The van der Waals surface area contributed by atoms with Crippen LogP contribution in [0.25, 0.3) is 0 Å². The maximum atomic E-state index is 12.4. The van der Waals surface area contributed by atoms with Gasteiger partial charge in [-0.3, -0.25) is 4.79 Å². The van der Waals surface area contributed by atoms with E-state index in [-0.39, 0.29) is 18.1 Å². The van der Waals surface area contributed by atoms with Crippen molar-refractivity contribution in [1.82, 2.24) is 4.90 Å². The third-order valence-electron chi connectivity index (χ3n) is 6.31. The molecule has 0 radical (unpaired) electrons. The summed E-state index contributed by atoms with van der Waals surface area (Å²) in [7, 11) is 0. The van der Waals surface area contributed by atoms with Crippen LogP contribution in [0, 0.1) is 11.3 Å². The molecule has 0 bridgehead atoms. The Bertz CT molecular complexity index is 1400. The second kappa shape index (κ2) is 13.1. The van der Waals surface area contributed by atoms with Crippen molar-refractivity contribution in [3.63, 3.8) is 0 Å². The standard InChI is InChI=1S/C32H36N4O5/c1-22(37)34-27-12-11-26(40-25-14-16-36(17-15-25)31(38)41-32(2,3)4)19-28(27)35-29-18-24(20-33)10-13-30(29)39-21-23-8-6-5-7-9-23/h5-13,18-19,25,35H,14-17,21H2,1-4H3,(H,34,37). The third kappa shape index (κ3) is 8.64. The molecule has 1 aliphatic rings. The van der Waals surface area contributed by atoms with Gasteiger partial charge in [-0.05, 0) is 56.7 Å².